The quantitative estimate of drug-likeness (QED) is 0.236. The van der Waals surface area contributed by atoms with Crippen LogP contribution >= 0.6 is 11.6 Å². The molecule has 246 valence electrons. The number of hydrazine groups is 1. The SMILES string of the molecule is COC(=O)[C@@]1(C)C[C@@H]2C[C@@H]2C[C@H]1C(=O)N1CCc2c(Cl)ccc(OC/C(N)=C(\C(F)F)N(C)N)c2[C@H]1CN1CC2(CC2)CC1=O. The summed E-state index contributed by atoms with van der Waals surface area (Å²) in [6.45, 7) is 2.62. The van der Waals surface area contributed by atoms with E-state index in [4.69, 9.17) is 32.7 Å². The molecule has 45 heavy (non-hydrogen) atoms. The van der Waals surface area contributed by atoms with E-state index in [-0.39, 0.29) is 42.0 Å². The lowest BCUT2D eigenvalue weighted by atomic mass is 9.66. The van der Waals surface area contributed by atoms with Gasteiger partial charge in [0, 0.05) is 43.7 Å². The summed E-state index contributed by atoms with van der Waals surface area (Å²) in [5.74, 6) is 5.66. The molecule has 5 atom stereocenters. The van der Waals surface area contributed by atoms with Gasteiger partial charge in [0.1, 0.15) is 18.1 Å². The van der Waals surface area contributed by atoms with Gasteiger partial charge in [0.2, 0.25) is 11.8 Å². The van der Waals surface area contributed by atoms with Crippen molar-refractivity contribution in [1.29, 1.82) is 0 Å². The van der Waals surface area contributed by atoms with Crippen molar-refractivity contribution in [3.8, 4) is 5.75 Å². The Morgan fingerprint density at radius 1 is 1.22 bits per heavy atom. The topological polar surface area (TPSA) is 131 Å². The molecule has 6 rings (SSSR count). The summed E-state index contributed by atoms with van der Waals surface area (Å²) in [4.78, 5) is 44.7. The number of nitrogens with two attached hydrogens (primary N) is 2. The number of ether oxygens (including phenoxy) is 2. The maximum atomic E-state index is 14.7. The summed E-state index contributed by atoms with van der Waals surface area (Å²) in [5, 5.41) is 1.25. The van der Waals surface area contributed by atoms with Crippen LogP contribution in [0, 0.1) is 28.6 Å². The Balaban J connectivity index is 1.38. The Kier molecular flexibility index (Phi) is 8.21. The molecule has 4 N–H and O–H groups in total. The molecule has 1 saturated heterocycles. The van der Waals surface area contributed by atoms with Crippen LogP contribution < -0.4 is 16.3 Å². The first-order valence-corrected chi connectivity index (χ1v) is 16.0. The number of alkyl halides is 2. The molecule has 4 fully saturated rings. The fraction of sp³-hybridized carbons (Fsp3) is 0.656. The van der Waals surface area contributed by atoms with Gasteiger partial charge in [0.15, 0.2) is 0 Å². The van der Waals surface area contributed by atoms with E-state index in [0.717, 1.165) is 29.8 Å². The van der Waals surface area contributed by atoms with Crippen molar-refractivity contribution in [2.75, 3.05) is 40.4 Å². The Hall–Kier alpha value is -3.12. The predicted octanol–water partition coefficient (Wildman–Crippen LogP) is 3.62. The number of benzene rings is 1. The standard InChI is InChI=1S/C32H42ClF2N5O5/c1-31(30(43)44-3)12-18-10-17(18)11-20(31)29(42)40-9-6-19-21(33)4-5-24(45-15-22(36)27(28(34)35)38(2)37)26(19)23(40)14-39-16-32(7-8-32)13-25(39)41/h4-5,17-18,20,23,28H,6-16,36-37H2,1-3H3/b27-22-/t17-,18+,20+,23-,31+/m1/s1. The first-order chi connectivity index (χ1) is 21.3. The number of nitrogens with zero attached hydrogens (tertiary/aromatic N) is 3. The number of rotatable bonds is 9. The smallest absolute Gasteiger partial charge is 0.312 e. The third-order valence-corrected chi connectivity index (χ3v) is 11.3. The van der Waals surface area contributed by atoms with E-state index < -0.39 is 29.5 Å². The minimum atomic E-state index is -2.91. The van der Waals surface area contributed by atoms with Crippen molar-refractivity contribution in [1.82, 2.24) is 14.8 Å². The van der Waals surface area contributed by atoms with Crippen LogP contribution in [0.4, 0.5) is 8.78 Å². The monoisotopic (exact) mass is 649 g/mol. The van der Waals surface area contributed by atoms with Crippen molar-refractivity contribution >= 4 is 29.4 Å². The molecule has 2 aliphatic heterocycles. The molecule has 3 saturated carbocycles. The van der Waals surface area contributed by atoms with Crippen molar-refractivity contribution in [2.45, 2.75) is 64.3 Å². The van der Waals surface area contributed by atoms with Gasteiger partial charge in [-0.15, -0.1) is 0 Å². The second kappa shape index (κ2) is 11.6. The Labute approximate surface area is 266 Å². The van der Waals surface area contributed by atoms with Gasteiger partial charge in [-0.05, 0) is 80.4 Å². The van der Waals surface area contributed by atoms with Crippen molar-refractivity contribution < 1.29 is 32.6 Å². The molecular formula is C32H42ClF2N5O5. The van der Waals surface area contributed by atoms with E-state index in [9.17, 15) is 23.2 Å². The number of carbonyl (C=O) groups is 3. The number of hydrogen-bond donors (Lipinski definition) is 2. The maximum Gasteiger partial charge on any atom is 0.312 e. The van der Waals surface area contributed by atoms with Gasteiger partial charge < -0.3 is 30.0 Å². The molecule has 0 aromatic heterocycles. The van der Waals surface area contributed by atoms with Gasteiger partial charge in [0.25, 0.3) is 6.43 Å². The Morgan fingerprint density at radius 2 is 1.96 bits per heavy atom. The first-order valence-electron chi connectivity index (χ1n) is 15.6. The summed E-state index contributed by atoms with van der Waals surface area (Å²) < 4.78 is 38.7. The van der Waals surface area contributed by atoms with Crippen LogP contribution in [0.3, 0.4) is 0 Å². The largest absolute Gasteiger partial charge is 0.487 e. The zero-order valence-corrected chi connectivity index (χ0v) is 26.7. The summed E-state index contributed by atoms with van der Waals surface area (Å²) in [5.41, 5.74) is 5.66. The Morgan fingerprint density at radius 3 is 2.58 bits per heavy atom. The minimum absolute atomic E-state index is 0.00403. The lowest BCUT2D eigenvalue weighted by molar-refractivity contribution is -0.165. The third kappa shape index (κ3) is 5.73. The van der Waals surface area contributed by atoms with Crippen LogP contribution in [0.15, 0.2) is 23.5 Å². The number of esters is 1. The van der Waals surface area contributed by atoms with Crippen LogP contribution in [0.5, 0.6) is 5.75 Å². The highest BCUT2D eigenvalue weighted by Crippen LogP contribution is 2.59. The molecule has 5 aliphatic rings. The van der Waals surface area contributed by atoms with Gasteiger partial charge >= 0.3 is 5.97 Å². The predicted molar refractivity (Wildman–Crippen MR) is 162 cm³/mol. The van der Waals surface area contributed by atoms with Crippen LogP contribution in [-0.2, 0) is 25.5 Å². The molecule has 3 aliphatic carbocycles. The molecular weight excluding hydrogens is 608 g/mol. The number of hydrogen-bond acceptors (Lipinski definition) is 8. The Bertz CT molecular complexity index is 1420. The second-order valence-corrected chi connectivity index (χ2v) is 14.4. The highest BCUT2D eigenvalue weighted by molar-refractivity contribution is 6.31. The zero-order chi connectivity index (χ0) is 32.4. The molecule has 2 heterocycles. The number of carbonyl (C=O) groups excluding carboxylic acids is 3. The number of halogens is 3. The van der Waals surface area contributed by atoms with Crippen LogP contribution in [-0.4, -0.2) is 79.4 Å². The molecule has 1 spiro atoms. The average molecular weight is 650 g/mol. The molecule has 13 heteroatoms. The number of fused-ring (bicyclic) bond motifs is 2. The highest BCUT2D eigenvalue weighted by atomic mass is 35.5. The van der Waals surface area contributed by atoms with Crippen LogP contribution in [0.25, 0.3) is 0 Å². The van der Waals surface area contributed by atoms with E-state index >= 15 is 0 Å². The molecule has 0 radical (unpaired) electrons. The van der Waals surface area contributed by atoms with Crippen LogP contribution in [0.1, 0.15) is 62.6 Å². The van der Waals surface area contributed by atoms with Gasteiger partial charge in [-0.25, -0.2) is 14.6 Å². The molecule has 2 amide bonds. The van der Waals surface area contributed by atoms with Gasteiger partial charge in [-0.3, -0.25) is 14.4 Å². The van der Waals surface area contributed by atoms with Gasteiger partial charge in [-0.1, -0.05) is 11.6 Å². The van der Waals surface area contributed by atoms with Crippen LogP contribution in [0.2, 0.25) is 5.02 Å². The zero-order valence-electron chi connectivity index (χ0n) is 26.0. The molecule has 1 aromatic rings. The lowest BCUT2D eigenvalue weighted by Crippen LogP contribution is -2.53. The van der Waals surface area contributed by atoms with E-state index in [1.54, 1.807) is 17.0 Å². The second-order valence-electron chi connectivity index (χ2n) is 14.0. The van der Waals surface area contributed by atoms with Crippen molar-refractivity contribution in [3.05, 3.63) is 39.7 Å². The average Bonchev–Trinajstić information content (AvgIpc) is 3.89. The molecule has 0 unspecified atom stereocenters. The maximum absolute atomic E-state index is 14.7. The molecule has 1 aromatic carbocycles. The number of allylic oxidation sites excluding steroid dienone is 1. The lowest BCUT2D eigenvalue weighted by Gasteiger charge is -2.45. The molecule has 0 bridgehead atoms. The van der Waals surface area contributed by atoms with Crippen molar-refractivity contribution in [2.24, 2.45) is 40.2 Å². The van der Waals surface area contributed by atoms with Crippen molar-refractivity contribution in [3.63, 3.8) is 0 Å². The summed E-state index contributed by atoms with van der Waals surface area (Å²) in [6, 6.07) is 2.69. The van der Waals surface area contributed by atoms with E-state index in [0.29, 0.717) is 66.9 Å². The summed E-state index contributed by atoms with van der Waals surface area (Å²) >= 11 is 6.73. The van der Waals surface area contributed by atoms with Gasteiger partial charge in [-0.2, -0.15) is 0 Å². The van der Waals surface area contributed by atoms with E-state index in [1.165, 1.54) is 14.2 Å². The summed E-state index contributed by atoms with van der Waals surface area (Å²) in [6.07, 6.45) is 2.16. The van der Waals surface area contributed by atoms with E-state index in [1.807, 2.05) is 11.8 Å². The highest BCUT2D eigenvalue weighted by Gasteiger charge is 2.59. The fourth-order valence-corrected chi connectivity index (χ4v) is 8.37. The first kappa shape index (κ1) is 31.8. The fourth-order valence-electron chi connectivity index (χ4n) is 8.11. The minimum Gasteiger partial charge on any atom is -0.487 e. The normalized spacial score (nSPS) is 30.1. The number of methoxy groups -OCH3 is 1. The van der Waals surface area contributed by atoms with Gasteiger partial charge in [0.05, 0.1) is 30.2 Å². The molecule has 10 nitrogen and oxygen atoms in total. The van der Waals surface area contributed by atoms with E-state index in [2.05, 4.69) is 0 Å². The summed E-state index contributed by atoms with van der Waals surface area (Å²) in [7, 11) is 2.63. The number of likely N-dealkylation sites (tertiary alicyclic amines) is 1. The third-order valence-electron chi connectivity index (χ3n) is 10.9. The number of amides is 2.